The van der Waals surface area contributed by atoms with Crippen LogP contribution in [0.25, 0.3) is 0 Å². The van der Waals surface area contributed by atoms with Crippen molar-refractivity contribution in [2.24, 2.45) is 0 Å². The van der Waals surface area contributed by atoms with Gasteiger partial charge in [-0.25, -0.2) is 4.39 Å². The molecule has 0 unspecified atom stereocenters. The molecule has 10 heavy (non-hydrogen) atoms. The molecule has 0 spiro atoms. The van der Waals surface area contributed by atoms with Gasteiger partial charge in [0.05, 0.1) is 0 Å². The van der Waals surface area contributed by atoms with Gasteiger partial charge >= 0.3 is 0 Å². The smallest absolute Gasteiger partial charge is 0.102 e. The molecule has 0 aliphatic heterocycles. The van der Waals surface area contributed by atoms with Crippen molar-refractivity contribution < 1.29 is 4.39 Å². The molecular weight excluding hydrogens is 129 g/mol. The Morgan fingerprint density at radius 3 is 2.60 bits per heavy atom. The lowest BCUT2D eigenvalue weighted by atomic mass is 10.3. The van der Waals surface area contributed by atoms with Crippen molar-refractivity contribution in [3.8, 4) is 0 Å². The Kier molecular flexibility index (Phi) is 6.50. The van der Waals surface area contributed by atoms with Gasteiger partial charge in [-0.2, -0.15) is 0 Å². The van der Waals surface area contributed by atoms with Gasteiger partial charge in [0, 0.05) is 6.54 Å². The van der Waals surface area contributed by atoms with Crippen molar-refractivity contribution >= 4 is 0 Å². The summed E-state index contributed by atoms with van der Waals surface area (Å²) in [5, 5.41) is 2.97. The van der Waals surface area contributed by atoms with Gasteiger partial charge in [0.25, 0.3) is 0 Å². The van der Waals surface area contributed by atoms with Crippen LogP contribution in [0.5, 0.6) is 0 Å². The first-order valence-electron chi connectivity index (χ1n) is 3.67. The molecule has 0 aliphatic rings. The number of rotatable bonds is 5. The first-order valence-corrected chi connectivity index (χ1v) is 3.67. The molecule has 1 N–H and O–H groups in total. The van der Waals surface area contributed by atoms with Crippen LogP contribution in [0.3, 0.4) is 0 Å². The summed E-state index contributed by atoms with van der Waals surface area (Å²) in [6, 6.07) is 0. The van der Waals surface area contributed by atoms with Gasteiger partial charge in [-0.15, -0.1) is 0 Å². The number of halogens is 1. The molecular formula is C8H16FN. The first kappa shape index (κ1) is 9.63. The van der Waals surface area contributed by atoms with Crippen molar-refractivity contribution in [3.63, 3.8) is 0 Å². The zero-order valence-corrected chi connectivity index (χ0v) is 6.78. The summed E-state index contributed by atoms with van der Waals surface area (Å²) in [7, 11) is 0. The monoisotopic (exact) mass is 145 g/mol. The van der Waals surface area contributed by atoms with E-state index in [9.17, 15) is 4.39 Å². The molecule has 0 aromatic heterocycles. The van der Waals surface area contributed by atoms with E-state index in [1.807, 2.05) is 0 Å². The van der Waals surface area contributed by atoms with E-state index >= 15 is 0 Å². The first-order chi connectivity index (χ1) is 4.77. The van der Waals surface area contributed by atoms with E-state index in [1.54, 1.807) is 0 Å². The summed E-state index contributed by atoms with van der Waals surface area (Å²) in [5.74, 6) is 0. The highest BCUT2D eigenvalue weighted by Crippen LogP contribution is 1.90. The minimum Gasteiger partial charge on any atom is -0.314 e. The summed E-state index contributed by atoms with van der Waals surface area (Å²) in [4.78, 5) is 0. The maximum atomic E-state index is 11.5. The summed E-state index contributed by atoms with van der Waals surface area (Å²) >= 11 is 0. The minimum absolute atomic E-state index is 0.269. The normalized spacial score (nSPS) is 9.50. The standard InChI is InChI=1S/C8H16FN/c1-8(2)4-3-6-10-7-5-9/h4,10H,3,5-7H2,1-2H3. The Morgan fingerprint density at radius 2 is 2.10 bits per heavy atom. The lowest BCUT2D eigenvalue weighted by Gasteiger charge is -1.97. The minimum atomic E-state index is -0.269. The van der Waals surface area contributed by atoms with E-state index in [4.69, 9.17) is 0 Å². The van der Waals surface area contributed by atoms with Gasteiger partial charge in [0.2, 0.25) is 0 Å². The third kappa shape index (κ3) is 7.63. The molecule has 0 aromatic carbocycles. The van der Waals surface area contributed by atoms with E-state index in [-0.39, 0.29) is 6.67 Å². The Bertz CT molecular complexity index is 95.4. The summed E-state index contributed by atoms with van der Waals surface area (Å²) < 4.78 is 11.5. The van der Waals surface area contributed by atoms with Crippen molar-refractivity contribution in [2.45, 2.75) is 20.3 Å². The zero-order chi connectivity index (χ0) is 7.82. The quantitative estimate of drug-likeness (QED) is 0.460. The maximum Gasteiger partial charge on any atom is 0.102 e. The Hall–Kier alpha value is -0.370. The van der Waals surface area contributed by atoms with Gasteiger partial charge < -0.3 is 5.32 Å². The highest BCUT2D eigenvalue weighted by atomic mass is 19.1. The maximum absolute atomic E-state index is 11.5. The molecule has 60 valence electrons. The molecule has 0 heterocycles. The lowest BCUT2D eigenvalue weighted by molar-refractivity contribution is 0.469. The number of allylic oxidation sites excluding steroid dienone is 1. The van der Waals surface area contributed by atoms with E-state index in [2.05, 4.69) is 25.2 Å². The van der Waals surface area contributed by atoms with Crippen LogP contribution in [0.1, 0.15) is 20.3 Å². The highest BCUT2D eigenvalue weighted by molar-refractivity contribution is 4.92. The van der Waals surface area contributed by atoms with Crippen LogP contribution in [-0.2, 0) is 0 Å². The fourth-order valence-electron chi connectivity index (χ4n) is 0.655. The summed E-state index contributed by atoms with van der Waals surface area (Å²) in [5.41, 5.74) is 1.32. The van der Waals surface area contributed by atoms with Crippen LogP contribution in [0.15, 0.2) is 11.6 Å². The van der Waals surface area contributed by atoms with Crippen molar-refractivity contribution in [2.75, 3.05) is 19.8 Å². The second-order valence-electron chi connectivity index (χ2n) is 2.51. The van der Waals surface area contributed by atoms with Crippen molar-refractivity contribution in [1.82, 2.24) is 5.32 Å². The molecule has 0 saturated carbocycles. The molecule has 0 bridgehead atoms. The molecule has 0 atom stereocenters. The van der Waals surface area contributed by atoms with Gasteiger partial charge in [-0.1, -0.05) is 11.6 Å². The molecule has 0 rings (SSSR count). The summed E-state index contributed by atoms with van der Waals surface area (Å²) in [6.45, 7) is 5.23. The number of alkyl halides is 1. The molecule has 2 heteroatoms. The van der Waals surface area contributed by atoms with Crippen LogP contribution in [0, 0.1) is 0 Å². The van der Waals surface area contributed by atoms with E-state index in [1.165, 1.54) is 5.57 Å². The Balaban J connectivity index is 2.98. The highest BCUT2D eigenvalue weighted by Gasteiger charge is 1.83. The molecule has 0 aromatic rings. The Labute approximate surface area is 62.3 Å². The van der Waals surface area contributed by atoms with Gasteiger partial charge in [-0.3, -0.25) is 0 Å². The number of hydrogen-bond donors (Lipinski definition) is 1. The second kappa shape index (κ2) is 6.75. The van der Waals surface area contributed by atoms with E-state index in [0.717, 1.165) is 13.0 Å². The fraction of sp³-hybridized carbons (Fsp3) is 0.750. The van der Waals surface area contributed by atoms with E-state index in [0.29, 0.717) is 6.54 Å². The third-order valence-electron chi connectivity index (χ3n) is 1.14. The largest absolute Gasteiger partial charge is 0.314 e. The molecule has 0 saturated heterocycles. The van der Waals surface area contributed by atoms with Gasteiger partial charge in [-0.05, 0) is 26.8 Å². The van der Waals surface area contributed by atoms with Gasteiger partial charge in [0.15, 0.2) is 0 Å². The van der Waals surface area contributed by atoms with Crippen LogP contribution in [-0.4, -0.2) is 19.8 Å². The van der Waals surface area contributed by atoms with Crippen LogP contribution >= 0.6 is 0 Å². The van der Waals surface area contributed by atoms with Crippen LogP contribution in [0.2, 0.25) is 0 Å². The number of hydrogen-bond acceptors (Lipinski definition) is 1. The topological polar surface area (TPSA) is 12.0 Å². The average molecular weight is 145 g/mol. The van der Waals surface area contributed by atoms with E-state index < -0.39 is 0 Å². The van der Waals surface area contributed by atoms with Crippen LogP contribution in [0.4, 0.5) is 4.39 Å². The van der Waals surface area contributed by atoms with Crippen molar-refractivity contribution in [3.05, 3.63) is 11.6 Å². The second-order valence-corrected chi connectivity index (χ2v) is 2.51. The molecule has 1 nitrogen and oxygen atoms in total. The molecule has 0 aliphatic carbocycles. The Morgan fingerprint density at radius 1 is 1.40 bits per heavy atom. The van der Waals surface area contributed by atoms with Gasteiger partial charge in [0.1, 0.15) is 6.67 Å². The van der Waals surface area contributed by atoms with Crippen LogP contribution < -0.4 is 5.32 Å². The summed E-state index contributed by atoms with van der Waals surface area (Å²) in [6.07, 6.45) is 3.15. The average Bonchev–Trinajstić information content (AvgIpc) is 1.87. The number of nitrogens with one attached hydrogen (secondary N) is 1. The molecule has 0 amide bonds. The molecule has 0 radical (unpaired) electrons. The van der Waals surface area contributed by atoms with Crippen molar-refractivity contribution in [1.29, 1.82) is 0 Å². The molecule has 0 fully saturated rings. The predicted octanol–water partition coefficient (Wildman–Crippen LogP) is 1.90. The lowest BCUT2D eigenvalue weighted by Crippen LogP contribution is -2.17. The SMILES string of the molecule is CC(C)=CCCNCCF. The zero-order valence-electron chi connectivity index (χ0n) is 6.78. The third-order valence-corrected chi connectivity index (χ3v) is 1.14. The fourth-order valence-corrected chi connectivity index (χ4v) is 0.655. The predicted molar refractivity (Wildman–Crippen MR) is 42.9 cm³/mol.